The van der Waals surface area contributed by atoms with E-state index >= 15 is 0 Å². The number of rotatable bonds is 5. The number of nitrogens with zero attached hydrogens (tertiary/aromatic N) is 3. The lowest BCUT2D eigenvalue weighted by Gasteiger charge is -2.24. The Balaban J connectivity index is 1.46. The molecule has 1 aliphatic heterocycles. The number of hydrogen-bond donors (Lipinski definition) is 2. The highest BCUT2D eigenvalue weighted by atomic mass is 35.5. The third-order valence-electron chi connectivity index (χ3n) is 6.06. The fourth-order valence-corrected chi connectivity index (χ4v) is 4.46. The summed E-state index contributed by atoms with van der Waals surface area (Å²) >= 11 is 6.27. The van der Waals surface area contributed by atoms with Crippen LogP contribution in [0.2, 0.25) is 5.02 Å². The maximum atomic E-state index is 13.3. The molecule has 3 amide bonds. The maximum Gasteiger partial charge on any atom is 0.294 e. The summed E-state index contributed by atoms with van der Waals surface area (Å²) in [5.74, 6) is -0.797. The van der Waals surface area contributed by atoms with E-state index in [9.17, 15) is 19.2 Å². The molecule has 37 heavy (non-hydrogen) atoms. The van der Waals surface area contributed by atoms with Gasteiger partial charge >= 0.3 is 0 Å². The second-order valence-corrected chi connectivity index (χ2v) is 8.79. The summed E-state index contributed by atoms with van der Waals surface area (Å²) in [4.78, 5) is 54.7. The average molecular weight is 522 g/mol. The highest BCUT2D eigenvalue weighted by Crippen LogP contribution is 2.31. The van der Waals surface area contributed by atoms with E-state index in [4.69, 9.17) is 20.9 Å². The van der Waals surface area contributed by atoms with Crippen molar-refractivity contribution >= 4 is 45.9 Å². The van der Waals surface area contributed by atoms with Crippen LogP contribution in [0.1, 0.15) is 35.3 Å². The van der Waals surface area contributed by atoms with Crippen LogP contribution in [0.25, 0.3) is 22.2 Å². The summed E-state index contributed by atoms with van der Waals surface area (Å²) in [5.41, 5.74) is 0.934. The predicted octanol–water partition coefficient (Wildman–Crippen LogP) is 3.25. The molecule has 3 heterocycles. The SMILES string of the molecule is COc1ccc(Cl)c(-c2cc(C(=O)Nc3cccc4c(=O)n(C5CCC(=O)NC5=O)c(C)nc34)on2)c1. The van der Waals surface area contributed by atoms with Crippen molar-refractivity contribution in [2.45, 2.75) is 25.8 Å². The average Bonchev–Trinajstić information content (AvgIpc) is 3.36. The zero-order chi connectivity index (χ0) is 26.3. The van der Waals surface area contributed by atoms with Gasteiger partial charge in [0.05, 0.1) is 23.2 Å². The molecule has 1 saturated heterocycles. The molecule has 12 heteroatoms. The van der Waals surface area contributed by atoms with Crippen LogP contribution < -0.4 is 20.9 Å². The molecule has 0 aliphatic carbocycles. The van der Waals surface area contributed by atoms with Crippen molar-refractivity contribution in [2.24, 2.45) is 0 Å². The van der Waals surface area contributed by atoms with Gasteiger partial charge in [-0.05, 0) is 43.7 Å². The van der Waals surface area contributed by atoms with E-state index in [1.807, 2.05) is 0 Å². The van der Waals surface area contributed by atoms with Gasteiger partial charge in [-0.15, -0.1) is 0 Å². The highest BCUT2D eigenvalue weighted by Gasteiger charge is 2.30. The normalized spacial score (nSPS) is 15.5. The van der Waals surface area contributed by atoms with E-state index in [2.05, 4.69) is 20.8 Å². The van der Waals surface area contributed by atoms with Gasteiger partial charge in [0.2, 0.25) is 17.6 Å². The molecule has 0 spiro atoms. The van der Waals surface area contributed by atoms with Gasteiger partial charge in [0.1, 0.15) is 28.8 Å². The molecule has 1 aliphatic rings. The standard InChI is InChI=1S/C25H20ClN5O6/c1-12-27-22-14(25(35)31(12)19-8-9-21(32)29-23(19)33)4-3-5-17(22)28-24(34)20-11-18(30-37-20)15-10-13(36-2)6-7-16(15)26/h3-7,10-11,19H,8-9H2,1-2H3,(H,28,34)(H,29,32,33). The fraction of sp³-hybridized carbons (Fsp3) is 0.200. The molecule has 1 unspecified atom stereocenters. The van der Waals surface area contributed by atoms with E-state index < -0.39 is 23.4 Å². The van der Waals surface area contributed by atoms with Crippen LogP contribution in [0.4, 0.5) is 5.69 Å². The number of piperidine rings is 1. The van der Waals surface area contributed by atoms with Crippen LogP contribution in [-0.4, -0.2) is 39.5 Å². The van der Waals surface area contributed by atoms with Crippen LogP contribution in [-0.2, 0) is 9.59 Å². The molecule has 1 atom stereocenters. The smallest absolute Gasteiger partial charge is 0.294 e. The van der Waals surface area contributed by atoms with Gasteiger partial charge in [-0.2, -0.15) is 0 Å². The van der Waals surface area contributed by atoms with Crippen LogP contribution in [0.15, 0.2) is 51.8 Å². The number of fused-ring (bicyclic) bond motifs is 1. The minimum Gasteiger partial charge on any atom is -0.497 e. The molecule has 188 valence electrons. The first-order valence-electron chi connectivity index (χ1n) is 11.2. The molecular weight excluding hydrogens is 502 g/mol. The number of amides is 3. The number of carbonyl (C=O) groups excluding carboxylic acids is 3. The molecule has 2 aromatic heterocycles. The van der Waals surface area contributed by atoms with Gasteiger partial charge in [-0.3, -0.25) is 29.1 Å². The minimum absolute atomic E-state index is 0.0838. The quantitative estimate of drug-likeness (QED) is 0.381. The number of imide groups is 1. The Hall–Kier alpha value is -4.51. The van der Waals surface area contributed by atoms with Gasteiger partial charge in [0, 0.05) is 18.1 Å². The number of nitrogens with one attached hydrogen (secondary N) is 2. The van der Waals surface area contributed by atoms with Gasteiger partial charge < -0.3 is 14.6 Å². The summed E-state index contributed by atoms with van der Waals surface area (Å²) in [6.07, 6.45) is 0.316. The van der Waals surface area contributed by atoms with Crippen molar-refractivity contribution in [3.8, 4) is 17.0 Å². The highest BCUT2D eigenvalue weighted by molar-refractivity contribution is 6.33. The molecule has 5 rings (SSSR count). The van der Waals surface area contributed by atoms with Gasteiger partial charge in [0.15, 0.2) is 0 Å². The molecule has 2 aromatic carbocycles. The van der Waals surface area contributed by atoms with E-state index in [-0.39, 0.29) is 46.9 Å². The van der Waals surface area contributed by atoms with Crippen molar-refractivity contribution < 1.29 is 23.6 Å². The Labute approximate surface area is 214 Å². The van der Waals surface area contributed by atoms with E-state index in [1.54, 1.807) is 43.3 Å². The van der Waals surface area contributed by atoms with Crippen LogP contribution >= 0.6 is 11.6 Å². The monoisotopic (exact) mass is 521 g/mol. The van der Waals surface area contributed by atoms with E-state index in [0.29, 0.717) is 22.0 Å². The second kappa shape index (κ2) is 9.51. The van der Waals surface area contributed by atoms with Crippen molar-refractivity contribution in [2.75, 3.05) is 12.4 Å². The predicted molar refractivity (Wildman–Crippen MR) is 134 cm³/mol. The first-order valence-corrected chi connectivity index (χ1v) is 11.6. The number of ether oxygens (including phenoxy) is 1. The molecule has 1 fully saturated rings. The first-order chi connectivity index (χ1) is 17.8. The third-order valence-corrected chi connectivity index (χ3v) is 6.39. The summed E-state index contributed by atoms with van der Waals surface area (Å²) < 4.78 is 11.7. The maximum absolute atomic E-state index is 13.3. The number of aromatic nitrogens is 3. The number of hydrogen-bond acceptors (Lipinski definition) is 8. The van der Waals surface area contributed by atoms with Gasteiger partial charge in [-0.1, -0.05) is 22.8 Å². The van der Waals surface area contributed by atoms with E-state index in [0.717, 1.165) is 0 Å². The second-order valence-electron chi connectivity index (χ2n) is 8.38. The lowest BCUT2D eigenvalue weighted by Crippen LogP contribution is -2.45. The van der Waals surface area contributed by atoms with Crippen LogP contribution in [0.5, 0.6) is 5.75 Å². The Kier molecular flexibility index (Phi) is 6.22. The van der Waals surface area contributed by atoms with Crippen LogP contribution in [0.3, 0.4) is 0 Å². The summed E-state index contributed by atoms with van der Waals surface area (Å²) in [7, 11) is 1.52. The number of para-hydroxylation sites is 1. The molecule has 2 N–H and O–H groups in total. The fourth-order valence-electron chi connectivity index (χ4n) is 4.25. The molecule has 0 bridgehead atoms. The Morgan fingerprint density at radius 1 is 1.22 bits per heavy atom. The molecule has 0 radical (unpaired) electrons. The lowest BCUT2D eigenvalue weighted by atomic mass is 10.1. The van der Waals surface area contributed by atoms with Crippen molar-refractivity contribution in [3.63, 3.8) is 0 Å². The minimum atomic E-state index is -0.851. The lowest BCUT2D eigenvalue weighted by molar-refractivity contribution is -0.135. The van der Waals surface area contributed by atoms with Crippen molar-refractivity contribution in [3.05, 3.63) is 69.4 Å². The van der Waals surface area contributed by atoms with E-state index in [1.165, 1.54) is 17.7 Å². The van der Waals surface area contributed by atoms with Crippen molar-refractivity contribution in [1.29, 1.82) is 0 Å². The summed E-state index contributed by atoms with van der Waals surface area (Å²) in [6, 6.07) is 10.4. The Morgan fingerprint density at radius 2 is 2.03 bits per heavy atom. The van der Waals surface area contributed by atoms with Gasteiger partial charge in [-0.25, -0.2) is 4.98 Å². The molecule has 4 aromatic rings. The Bertz CT molecular complexity index is 1640. The number of anilines is 1. The Morgan fingerprint density at radius 3 is 2.78 bits per heavy atom. The number of methoxy groups -OCH3 is 1. The molecule has 0 saturated carbocycles. The number of halogens is 1. The summed E-state index contributed by atoms with van der Waals surface area (Å²) in [5, 5.41) is 9.51. The van der Waals surface area contributed by atoms with Crippen molar-refractivity contribution in [1.82, 2.24) is 20.0 Å². The topological polar surface area (TPSA) is 145 Å². The molecule has 11 nitrogen and oxygen atoms in total. The zero-order valence-electron chi connectivity index (χ0n) is 19.7. The molecular formula is C25H20ClN5O6. The first kappa shape index (κ1) is 24.2. The zero-order valence-corrected chi connectivity index (χ0v) is 20.5. The number of carbonyl (C=O) groups is 3. The van der Waals surface area contributed by atoms with Crippen LogP contribution in [0, 0.1) is 6.92 Å². The third kappa shape index (κ3) is 4.45. The summed E-state index contributed by atoms with van der Waals surface area (Å²) in [6.45, 7) is 1.59. The number of aryl methyl sites for hydroxylation is 1. The number of benzene rings is 2. The largest absolute Gasteiger partial charge is 0.497 e. The van der Waals surface area contributed by atoms with Gasteiger partial charge in [0.25, 0.3) is 11.5 Å².